The predicted octanol–water partition coefficient (Wildman–Crippen LogP) is 18.3. The fourth-order valence-corrected chi connectivity index (χ4v) is 11.5. The van der Waals surface area contributed by atoms with Crippen molar-refractivity contribution in [3.8, 4) is 44.5 Å². The zero-order valence-electron chi connectivity index (χ0n) is 38.1. The fourth-order valence-electron chi connectivity index (χ4n) is 11.5. The average Bonchev–Trinajstić information content (AvgIpc) is 4.09. The third-order valence-electron chi connectivity index (χ3n) is 14.5. The minimum absolute atomic E-state index is 0.556. The van der Waals surface area contributed by atoms with Crippen molar-refractivity contribution in [3.63, 3.8) is 0 Å². The van der Waals surface area contributed by atoms with Crippen LogP contribution in [0.1, 0.15) is 22.3 Å². The van der Waals surface area contributed by atoms with E-state index in [-0.39, 0.29) is 0 Å². The standard InChI is InChI=1S/C67H43NO2/c1-5-19-44(20-6-1)46-23-17-25-48(39-46)64-65-57-32-14-16-34-61(57)69-63(65)43-58-56-38-36-53(42-62(56)70-66(58)64)68(51-30-18-24-47(40-51)45-21-7-2-8-22-45)52-35-37-55-54-31-13-15-33-59(54)67(60(55)41-52,49-26-9-3-10-27-49)50-28-11-4-12-29-50/h1-43H. The molecular weight excluding hydrogens is 851 g/mol. The van der Waals surface area contributed by atoms with Crippen LogP contribution in [-0.4, -0.2) is 0 Å². The van der Waals surface area contributed by atoms with E-state index in [9.17, 15) is 0 Å². The Hall–Kier alpha value is -9.18. The van der Waals surface area contributed by atoms with Crippen molar-refractivity contribution in [2.24, 2.45) is 0 Å². The molecule has 0 unspecified atom stereocenters. The van der Waals surface area contributed by atoms with Crippen LogP contribution in [0.3, 0.4) is 0 Å². The summed E-state index contributed by atoms with van der Waals surface area (Å²) in [6.07, 6.45) is 0. The molecule has 328 valence electrons. The molecule has 0 atom stereocenters. The number of hydrogen-bond acceptors (Lipinski definition) is 3. The van der Waals surface area contributed by atoms with Crippen LogP contribution in [0, 0.1) is 0 Å². The number of nitrogens with zero attached hydrogens (tertiary/aromatic N) is 1. The van der Waals surface area contributed by atoms with Crippen LogP contribution < -0.4 is 4.90 Å². The highest BCUT2D eigenvalue weighted by Crippen LogP contribution is 2.57. The first-order valence-electron chi connectivity index (χ1n) is 24.0. The molecule has 70 heavy (non-hydrogen) atoms. The van der Waals surface area contributed by atoms with E-state index in [1.54, 1.807) is 0 Å². The van der Waals surface area contributed by atoms with Gasteiger partial charge in [0, 0.05) is 50.2 Å². The van der Waals surface area contributed by atoms with E-state index in [0.717, 1.165) is 94.3 Å². The molecule has 0 spiro atoms. The minimum atomic E-state index is -0.556. The molecule has 0 amide bonds. The molecule has 0 aliphatic heterocycles. The molecule has 0 bridgehead atoms. The zero-order valence-corrected chi connectivity index (χ0v) is 38.1. The Labute approximate surface area is 405 Å². The van der Waals surface area contributed by atoms with Crippen LogP contribution in [0.15, 0.2) is 270 Å². The Balaban J connectivity index is 1.01. The van der Waals surface area contributed by atoms with Gasteiger partial charge >= 0.3 is 0 Å². The smallest absolute Gasteiger partial charge is 0.144 e. The van der Waals surface area contributed by atoms with Gasteiger partial charge in [0.05, 0.1) is 5.41 Å². The number of para-hydroxylation sites is 1. The summed E-state index contributed by atoms with van der Waals surface area (Å²) in [6, 6.07) is 94.1. The first kappa shape index (κ1) is 39.9. The van der Waals surface area contributed by atoms with Crippen molar-refractivity contribution in [1.29, 1.82) is 0 Å². The van der Waals surface area contributed by atoms with E-state index in [2.05, 4.69) is 260 Å². The van der Waals surface area contributed by atoms with E-state index < -0.39 is 5.41 Å². The molecule has 0 radical (unpaired) electrons. The highest BCUT2D eigenvalue weighted by molar-refractivity contribution is 6.23. The summed E-state index contributed by atoms with van der Waals surface area (Å²) in [7, 11) is 0. The van der Waals surface area contributed by atoms with E-state index in [1.165, 1.54) is 33.4 Å². The minimum Gasteiger partial charge on any atom is -0.456 e. The van der Waals surface area contributed by atoms with Crippen LogP contribution in [0.25, 0.3) is 88.4 Å². The third kappa shape index (κ3) is 6.15. The maximum atomic E-state index is 7.26. The van der Waals surface area contributed by atoms with Crippen molar-refractivity contribution in [1.82, 2.24) is 0 Å². The highest BCUT2D eigenvalue weighted by Gasteiger charge is 2.46. The second kappa shape index (κ2) is 16.0. The zero-order chi connectivity index (χ0) is 46.2. The quantitative estimate of drug-likeness (QED) is 0.152. The van der Waals surface area contributed by atoms with Gasteiger partial charge in [-0.1, -0.05) is 200 Å². The summed E-state index contributed by atoms with van der Waals surface area (Å²) >= 11 is 0. The largest absolute Gasteiger partial charge is 0.456 e. The van der Waals surface area contributed by atoms with Crippen molar-refractivity contribution in [2.75, 3.05) is 4.90 Å². The molecule has 11 aromatic carbocycles. The Morgan fingerprint density at radius 3 is 1.60 bits per heavy atom. The lowest BCUT2D eigenvalue weighted by Gasteiger charge is -2.35. The molecule has 1 aliphatic rings. The van der Waals surface area contributed by atoms with Gasteiger partial charge < -0.3 is 13.7 Å². The van der Waals surface area contributed by atoms with Gasteiger partial charge in [0.2, 0.25) is 0 Å². The molecule has 13 aromatic rings. The van der Waals surface area contributed by atoms with Crippen molar-refractivity contribution in [3.05, 3.63) is 283 Å². The van der Waals surface area contributed by atoms with Crippen LogP contribution >= 0.6 is 0 Å². The van der Waals surface area contributed by atoms with Crippen molar-refractivity contribution in [2.45, 2.75) is 5.41 Å². The number of furan rings is 2. The predicted molar refractivity (Wildman–Crippen MR) is 289 cm³/mol. The second-order valence-electron chi connectivity index (χ2n) is 18.3. The highest BCUT2D eigenvalue weighted by atomic mass is 16.3. The lowest BCUT2D eigenvalue weighted by molar-refractivity contribution is 0.664. The van der Waals surface area contributed by atoms with E-state index in [4.69, 9.17) is 8.83 Å². The van der Waals surface area contributed by atoms with E-state index >= 15 is 0 Å². The van der Waals surface area contributed by atoms with E-state index in [1.807, 2.05) is 6.07 Å². The molecule has 14 rings (SSSR count). The van der Waals surface area contributed by atoms with Gasteiger partial charge in [-0.3, -0.25) is 0 Å². The first-order valence-corrected chi connectivity index (χ1v) is 24.0. The monoisotopic (exact) mass is 893 g/mol. The lowest BCUT2D eigenvalue weighted by Crippen LogP contribution is -2.28. The van der Waals surface area contributed by atoms with Gasteiger partial charge in [0.1, 0.15) is 22.3 Å². The Morgan fingerprint density at radius 1 is 0.300 bits per heavy atom. The molecule has 0 N–H and O–H groups in total. The van der Waals surface area contributed by atoms with Crippen LogP contribution in [0.4, 0.5) is 17.1 Å². The molecule has 2 aromatic heterocycles. The molecule has 0 saturated carbocycles. The maximum Gasteiger partial charge on any atom is 0.144 e. The molecule has 3 nitrogen and oxygen atoms in total. The summed E-state index contributed by atoms with van der Waals surface area (Å²) in [5.74, 6) is 0. The molecule has 0 saturated heterocycles. The summed E-state index contributed by atoms with van der Waals surface area (Å²) in [5.41, 5.74) is 20.0. The number of benzene rings is 11. The number of hydrogen-bond donors (Lipinski definition) is 0. The average molecular weight is 894 g/mol. The van der Waals surface area contributed by atoms with Gasteiger partial charge in [0.15, 0.2) is 0 Å². The normalized spacial score (nSPS) is 12.7. The second-order valence-corrected chi connectivity index (χ2v) is 18.3. The lowest BCUT2D eigenvalue weighted by atomic mass is 9.67. The number of rotatable bonds is 8. The molecular formula is C67H43NO2. The SMILES string of the molecule is c1ccc(-c2cccc(-c3c4oc5cc(N(c6cccc(-c7ccccc7)c6)c6ccc7c(c6)C(c6ccccc6)(c6ccccc6)c6ccccc6-7)ccc5c4cc4oc5ccccc5c34)c2)cc1. The summed E-state index contributed by atoms with van der Waals surface area (Å²) in [4.78, 5) is 2.40. The van der Waals surface area contributed by atoms with Crippen LogP contribution in [-0.2, 0) is 5.41 Å². The van der Waals surface area contributed by atoms with Crippen molar-refractivity contribution >= 4 is 60.9 Å². The van der Waals surface area contributed by atoms with Gasteiger partial charge in [-0.2, -0.15) is 0 Å². The Bertz CT molecular complexity index is 4070. The maximum absolute atomic E-state index is 7.26. The van der Waals surface area contributed by atoms with Gasteiger partial charge in [0.25, 0.3) is 0 Å². The Morgan fingerprint density at radius 2 is 0.857 bits per heavy atom. The molecule has 0 fully saturated rings. The topological polar surface area (TPSA) is 29.5 Å². The Kier molecular flexibility index (Phi) is 9.11. The number of fused-ring (bicyclic) bond motifs is 9. The van der Waals surface area contributed by atoms with Crippen LogP contribution in [0.2, 0.25) is 0 Å². The van der Waals surface area contributed by atoms with Gasteiger partial charge in [-0.15, -0.1) is 0 Å². The van der Waals surface area contributed by atoms with Crippen molar-refractivity contribution < 1.29 is 8.83 Å². The van der Waals surface area contributed by atoms with E-state index in [0.29, 0.717) is 0 Å². The first-order chi connectivity index (χ1) is 34.7. The summed E-state index contributed by atoms with van der Waals surface area (Å²) in [5, 5.41) is 4.14. The summed E-state index contributed by atoms with van der Waals surface area (Å²) < 4.78 is 13.9. The third-order valence-corrected chi connectivity index (χ3v) is 14.5. The van der Waals surface area contributed by atoms with Crippen LogP contribution in [0.5, 0.6) is 0 Å². The van der Waals surface area contributed by atoms with Gasteiger partial charge in [-0.25, -0.2) is 0 Å². The summed E-state index contributed by atoms with van der Waals surface area (Å²) in [6.45, 7) is 0. The van der Waals surface area contributed by atoms with Gasteiger partial charge in [-0.05, 0) is 116 Å². The fraction of sp³-hybridized carbons (Fsp3) is 0.0149. The molecule has 1 aliphatic carbocycles. The molecule has 3 heteroatoms. The molecule has 2 heterocycles. The number of anilines is 3.